The predicted molar refractivity (Wildman–Crippen MR) is 88.0 cm³/mol. The average Bonchev–Trinajstić information content (AvgIpc) is 2.49. The van der Waals surface area contributed by atoms with Gasteiger partial charge in [-0.2, -0.15) is 0 Å². The summed E-state index contributed by atoms with van der Waals surface area (Å²) in [6.07, 6.45) is 1.60. The topological polar surface area (TPSA) is 92.5 Å². The Bertz CT molecular complexity index is 615. The number of carbonyl (C=O) groups excluding carboxylic acids is 3. The molecule has 1 heterocycles. The van der Waals surface area contributed by atoms with Crippen molar-refractivity contribution in [3.63, 3.8) is 0 Å². The average molecular weight is 317 g/mol. The normalized spacial score (nSPS) is 21.7. The minimum absolute atomic E-state index is 0.0963. The van der Waals surface area contributed by atoms with E-state index in [4.69, 9.17) is 5.73 Å². The van der Waals surface area contributed by atoms with Crippen molar-refractivity contribution < 1.29 is 14.4 Å². The molecule has 0 spiro atoms. The molecule has 1 fully saturated rings. The third-order valence-corrected chi connectivity index (χ3v) is 4.34. The molecule has 1 aliphatic heterocycles. The van der Waals surface area contributed by atoms with Crippen molar-refractivity contribution in [1.82, 2.24) is 4.90 Å². The Hall–Kier alpha value is -2.21. The molecular formula is C17H23N3O3. The Kier molecular flexibility index (Phi) is 5.50. The second-order valence-electron chi connectivity index (χ2n) is 6.11. The fourth-order valence-corrected chi connectivity index (χ4v) is 2.91. The van der Waals surface area contributed by atoms with Crippen LogP contribution in [-0.2, 0) is 9.59 Å². The quantitative estimate of drug-likeness (QED) is 0.803. The lowest BCUT2D eigenvalue weighted by Crippen LogP contribution is -2.48. The van der Waals surface area contributed by atoms with E-state index < -0.39 is 0 Å². The largest absolute Gasteiger partial charge is 0.369 e. The Labute approximate surface area is 136 Å². The van der Waals surface area contributed by atoms with Crippen molar-refractivity contribution in [2.75, 3.05) is 18.4 Å². The van der Waals surface area contributed by atoms with Crippen LogP contribution in [0.5, 0.6) is 0 Å². The van der Waals surface area contributed by atoms with Crippen molar-refractivity contribution in [3.05, 3.63) is 29.8 Å². The van der Waals surface area contributed by atoms with Gasteiger partial charge >= 0.3 is 0 Å². The summed E-state index contributed by atoms with van der Waals surface area (Å²) in [5, 5.41) is 2.79. The van der Waals surface area contributed by atoms with Crippen LogP contribution in [0.15, 0.2) is 24.3 Å². The molecule has 23 heavy (non-hydrogen) atoms. The lowest BCUT2D eigenvalue weighted by atomic mass is 9.93. The maximum absolute atomic E-state index is 12.3. The second kappa shape index (κ2) is 7.37. The summed E-state index contributed by atoms with van der Waals surface area (Å²) in [7, 11) is 0. The highest BCUT2D eigenvalue weighted by Gasteiger charge is 2.29. The minimum atomic E-state index is -0.316. The molecule has 6 heteroatoms. The van der Waals surface area contributed by atoms with Gasteiger partial charge in [-0.25, -0.2) is 0 Å². The molecule has 124 valence electrons. The molecule has 2 amide bonds. The first-order chi connectivity index (χ1) is 10.9. The van der Waals surface area contributed by atoms with E-state index in [9.17, 15) is 14.4 Å². The van der Waals surface area contributed by atoms with E-state index in [1.165, 1.54) is 6.92 Å². The molecule has 3 N–H and O–H groups in total. The van der Waals surface area contributed by atoms with Gasteiger partial charge in [0.1, 0.15) is 0 Å². The third kappa shape index (κ3) is 4.39. The Morgan fingerprint density at radius 3 is 2.61 bits per heavy atom. The highest BCUT2D eigenvalue weighted by Crippen LogP contribution is 2.22. The summed E-state index contributed by atoms with van der Waals surface area (Å²) < 4.78 is 0. The molecule has 0 aromatic heterocycles. The number of primary amides is 1. The maximum Gasteiger partial charge on any atom is 0.238 e. The first kappa shape index (κ1) is 17.1. The molecule has 2 rings (SSSR count). The van der Waals surface area contributed by atoms with Crippen LogP contribution < -0.4 is 11.1 Å². The molecule has 6 nitrogen and oxygen atoms in total. The van der Waals surface area contributed by atoms with Crippen LogP contribution in [0.25, 0.3) is 0 Å². The minimum Gasteiger partial charge on any atom is -0.369 e. The van der Waals surface area contributed by atoms with Crippen molar-refractivity contribution in [2.45, 2.75) is 32.7 Å². The van der Waals surface area contributed by atoms with Gasteiger partial charge in [0.05, 0.1) is 18.2 Å². The monoisotopic (exact) mass is 317 g/mol. The Morgan fingerprint density at radius 2 is 1.96 bits per heavy atom. The number of Topliss-reactive ketones (excluding diaryl/α,β-unsaturated/α-hetero) is 1. The van der Waals surface area contributed by atoms with Gasteiger partial charge in [-0.05, 0) is 38.8 Å². The molecule has 0 saturated carbocycles. The first-order valence-corrected chi connectivity index (χ1v) is 7.81. The third-order valence-electron chi connectivity index (χ3n) is 4.34. The number of rotatable bonds is 5. The van der Waals surface area contributed by atoms with E-state index in [0.29, 0.717) is 17.8 Å². The number of nitrogens with zero attached hydrogens (tertiary/aromatic N) is 1. The zero-order valence-corrected chi connectivity index (χ0v) is 13.5. The number of piperidine rings is 1. The maximum atomic E-state index is 12.3. The molecular weight excluding hydrogens is 294 g/mol. The molecule has 0 aliphatic carbocycles. The predicted octanol–water partition coefficient (Wildman–Crippen LogP) is 1.41. The van der Waals surface area contributed by atoms with E-state index >= 15 is 0 Å². The number of hydrogen-bond donors (Lipinski definition) is 2. The number of ketones is 1. The first-order valence-electron chi connectivity index (χ1n) is 7.81. The fourth-order valence-electron chi connectivity index (χ4n) is 2.91. The molecule has 0 radical (unpaired) electrons. The number of amides is 2. The van der Waals surface area contributed by atoms with Crippen molar-refractivity contribution >= 4 is 23.3 Å². The molecule has 1 aromatic rings. The zero-order chi connectivity index (χ0) is 17.0. The molecule has 1 saturated heterocycles. The highest BCUT2D eigenvalue weighted by atomic mass is 16.2. The van der Waals surface area contributed by atoms with Crippen LogP contribution in [0.4, 0.5) is 5.69 Å². The van der Waals surface area contributed by atoms with E-state index in [1.54, 1.807) is 24.3 Å². The number of nitrogens with one attached hydrogen (secondary N) is 1. The van der Waals surface area contributed by atoms with Gasteiger partial charge in [0, 0.05) is 18.2 Å². The Balaban J connectivity index is 2.01. The van der Waals surface area contributed by atoms with Gasteiger partial charge in [-0.15, -0.1) is 0 Å². The van der Waals surface area contributed by atoms with Crippen LogP contribution in [0, 0.1) is 5.92 Å². The van der Waals surface area contributed by atoms with Crippen LogP contribution in [0.2, 0.25) is 0 Å². The fraction of sp³-hybridized carbons (Fsp3) is 0.471. The SMILES string of the molecule is CC(=O)c1ccccc1NC(=O)CN1C[C@@H](C(N)=O)CC[C@@H]1C. The zero-order valence-electron chi connectivity index (χ0n) is 13.5. The van der Waals surface area contributed by atoms with Gasteiger partial charge in [0.15, 0.2) is 5.78 Å². The summed E-state index contributed by atoms with van der Waals surface area (Å²) in [4.78, 5) is 37.2. The molecule has 1 aliphatic rings. The van der Waals surface area contributed by atoms with Crippen LogP contribution in [0.1, 0.15) is 37.0 Å². The van der Waals surface area contributed by atoms with Gasteiger partial charge in [-0.1, -0.05) is 12.1 Å². The number of anilines is 1. The number of carbonyl (C=O) groups is 3. The number of nitrogens with two attached hydrogens (primary N) is 1. The number of hydrogen-bond acceptors (Lipinski definition) is 4. The molecule has 1 aromatic carbocycles. The lowest BCUT2D eigenvalue weighted by Gasteiger charge is -2.36. The van der Waals surface area contributed by atoms with Crippen LogP contribution >= 0.6 is 0 Å². The van der Waals surface area contributed by atoms with E-state index in [1.807, 2.05) is 11.8 Å². The van der Waals surface area contributed by atoms with Gasteiger partial charge in [-0.3, -0.25) is 19.3 Å². The molecule has 2 atom stereocenters. The summed E-state index contributed by atoms with van der Waals surface area (Å²) in [6, 6.07) is 7.15. The summed E-state index contributed by atoms with van der Waals surface area (Å²) in [5.74, 6) is -0.815. The number of benzene rings is 1. The molecule has 0 bridgehead atoms. The van der Waals surface area contributed by atoms with Crippen LogP contribution in [0.3, 0.4) is 0 Å². The van der Waals surface area contributed by atoms with E-state index in [-0.39, 0.29) is 36.1 Å². The lowest BCUT2D eigenvalue weighted by molar-refractivity contribution is -0.126. The van der Waals surface area contributed by atoms with E-state index in [0.717, 1.165) is 12.8 Å². The smallest absolute Gasteiger partial charge is 0.238 e. The van der Waals surface area contributed by atoms with E-state index in [2.05, 4.69) is 5.32 Å². The Morgan fingerprint density at radius 1 is 1.26 bits per heavy atom. The number of para-hydroxylation sites is 1. The summed E-state index contributed by atoms with van der Waals surface area (Å²) in [5.41, 5.74) is 6.38. The van der Waals surface area contributed by atoms with Gasteiger partial charge in [0.2, 0.25) is 11.8 Å². The van der Waals surface area contributed by atoms with Gasteiger partial charge in [0.25, 0.3) is 0 Å². The van der Waals surface area contributed by atoms with Crippen molar-refractivity contribution in [2.24, 2.45) is 11.7 Å². The summed E-state index contributed by atoms with van der Waals surface area (Å²) >= 11 is 0. The van der Waals surface area contributed by atoms with Crippen LogP contribution in [-0.4, -0.2) is 41.6 Å². The van der Waals surface area contributed by atoms with Crippen molar-refractivity contribution in [3.8, 4) is 0 Å². The highest BCUT2D eigenvalue weighted by molar-refractivity contribution is 6.04. The van der Waals surface area contributed by atoms with Crippen molar-refractivity contribution in [1.29, 1.82) is 0 Å². The molecule has 0 unspecified atom stereocenters. The summed E-state index contributed by atoms with van der Waals surface area (Å²) in [6.45, 7) is 4.18. The second-order valence-corrected chi connectivity index (χ2v) is 6.11. The van der Waals surface area contributed by atoms with Gasteiger partial charge < -0.3 is 11.1 Å². The number of likely N-dealkylation sites (tertiary alicyclic amines) is 1. The standard InChI is InChI=1S/C17H23N3O3/c1-11-7-8-13(17(18)23)9-20(11)10-16(22)19-15-6-4-3-5-14(15)12(2)21/h3-6,11,13H,7-10H2,1-2H3,(H2,18,23)(H,19,22)/t11-,13-/m0/s1.